The van der Waals surface area contributed by atoms with E-state index in [2.05, 4.69) is 10.00 Å². The summed E-state index contributed by atoms with van der Waals surface area (Å²) in [4.78, 5) is 14.4. The molecule has 0 radical (unpaired) electrons. The Morgan fingerprint density at radius 2 is 2.12 bits per heavy atom. The molecule has 3 rings (SSSR count). The molecule has 2 aromatic heterocycles. The van der Waals surface area contributed by atoms with Gasteiger partial charge in [0.15, 0.2) is 0 Å². The Morgan fingerprint density at radius 1 is 1.42 bits per heavy atom. The Labute approximate surface area is 147 Å². The maximum atomic E-state index is 12.5. The fourth-order valence-corrected chi connectivity index (χ4v) is 4.56. The van der Waals surface area contributed by atoms with Crippen LogP contribution in [0.5, 0.6) is 0 Å². The lowest BCUT2D eigenvalue weighted by molar-refractivity contribution is 0.0901. The van der Waals surface area contributed by atoms with Gasteiger partial charge in [0.05, 0.1) is 29.3 Å². The molecule has 1 saturated carbocycles. The second kappa shape index (κ2) is 7.23. The van der Waals surface area contributed by atoms with Gasteiger partial charge in [0.2, 0.25) is 0 Å². The summed E-state index contributed by atoms with van der Waals surface area (Å²) < 4.78 is 2.15. The predicted octanol–water partition coefficient (Wildman–Crippen LogP) is 3.66. The van der Waals surface area contributed by atoms with Crippen LogP contribution in [0.1, 0.15) is 67.4 Å². The molecule has 0 aliphatic heterocycles. The zero-order valence-corrected chi connectivity index (χ0v) is 15.5. The van der Waals surface area contributed by atoms with Gasteiger partial charge < -0.3 is 10.4 Å². The van der Waals surface area contributed by atoms with Crippen molar-refractivity contribution in [2.45, 2.75) is 65.0 Å². The van der Waals surface area contributed by atoms with E-state index in [1.165, 1.54) is 43.4 Å². The molecule has 0 bridgehead atoms. The lowest BCUT2D eigenvalue weighted by Gasteiger charge is -2.22. The summed E-state index contributed by atoms with van der Waals surface area (Å²) in [7, 11) is 0. The largest absolute Gasteiger partial charge is 0.394 e. The van der Waals surface area contributed by atoms with Gasteiger partial charge >= 0.3 is 0 Å². The van der Waals surface area contributed by atoms with E-state index in [0.29, 0.717) is 10.9 Å². The quantitative estimate of drug-likeness (QED) is 0.866. The Bertz CT molecular complexity index is 713. The molecule has 0 saturated heterocycles. The molecule has 24 heavy (non-hydrogen) atoms. The number of carbonyl (C=O) groups is 1. The smallest absolute Gasteiger partial charge is 0.261 e. The van der Waals surface area contributed by atoms with Crippen LogP contribution in [0.4, 0.5) is 0 Å². The van der Waals surface area contributed by atoms with Crippen molar-refractivity contribution in [3.63, 3.8) is 0 Å². The SMILES string of the molecule is Cc1nn(C2CCCCC2)c2sc(C(=O)N[C@@H](CO)C(C)C)cc12. The molecule has 2 N–H and O–H groups in total. The van der Waals surface area contributed by atoms with Crippen LogP contribution in [-0.2, 0) is 0 Å². The number of carbonyl (C=O) groups excluding carboxylic acids is 1. The molecule has 0 unspecified atom stereocenters. The number of aliphatic hydroxyl groups is 1. The highest BCUT2D eigenvalue weighted by atomic mass is 32.1. The lowest BCUT2D eigenvalue weighted by atomic mass is 9.96. The Morgan fingerprint density at radius 3 is 2.75 bits per heavy atom. The first-order chi connectivity index (χ1) is 11.5. The number of rotatable bonds is 5. The maximum Gasteiger partial charge on any atom is 0.261 e. The zero-order valence-electron chi connectivity index (χ0n) is 14.7. The van der Waals surface area contributed by atoms with E-state index >= 15 is 0 Å². The summed E-state index contributed by atoms with van der Waals surface area (Å²) in [5.74, 6) is 0.103. The average Bonchev–Trinajstić information content (AvgIpc) is 3.14. The van der Waals surface area contributed by atoms with Crippen molar-refractivity contribution in [2.24, 2.45) is 5.92 Å². The molecule has 1 amide bonds. The number of hydrogen-bond acceptors (Lipinski definition) is 4. The number of aliphatic hydroxyl groups excluding tert-OH is 1. The summed E-state index contributed by atoms with van der Waals surface area (Å²) in [5, 5.41) is 18.2. The molecule has 1 aliphatic carbocycles. The highest BCUT2D eigenvalue weighted by Crippen LogP contribution is 2.35. The zero-order chi connectivity index (χ0) is 17.3. The average molecular weight is 350 g/mol. The van der Waals surface area contributed by atoms with Crippen molar-refractivity contribution in [2.75, 3.05) is 6.61 Å². The predicted molar refractivity (Wildman–Crippen MR) is 97.6 cm³/mol. The normalized spacial score (nSPS) is 17.5. The van der Waals surface area contributed by atoms with Crippen molar-refractivity contribution in [1.29, 1.82) is 0 Å². The molecular weight excluding hydrogens is 322 g/mol. The van der Waals surface area contributed by atoms with Gasteiger partial charge in [-0.2, -0.15) is 5.10 Å². The number of nitrogens with zero attached hydrogens (tertiary/aromatic N) is 2. The molecule has 2 heterocycles. The number of fused-ring (bicyclic) bond motifs is 1. The second-order valence-corrected chi connectivity index (χ2v) is 8.19. The lowest BCUT2D eigenvalue weighted by Crippen LogP contribution is -2.40. The van der Waals surface area contributed by atoms with E-state index in [-0.39, 0.29) is 24.5 Å². The minimum atomic E-state index is -0.210. The minimum Gasteiger partial charge on any atom is -0.394 e. The van der Waals surface area contributed by atoms with E-state index in [1.807, 2.05) is 26.8 Å². The molecule has 132 valence electrons. The number of thiophene rings is 1. The first-order valence-corrected chi connectivity index (χ1v) is 9.73. The van der Waals surface area contributed by atoms with Crippen LogP contribution in [0.3, 0.4) is 0 Å². The number of hydrogen-bond donors (Lipinski definition) is 2. The van der Waals surface area contributed by atoms with Crippen molar-refractivity contribution in [3.8, 4) is 0 Å². The minimum absolute atomic E-state index is 0.0385. The van der Waals surface area contributed by atoms with Gasteiger partial charge in [-0.1, -0.05) is 33.1 Å². The van der Waals surface area contributed by atoms with Gasteiger partial charge in [-0.05, 0) is 31.7 Å². The maximum absolute atomic E-state index is 12.5. The molecule has 6 heteroatoms. The Balaban J connectivity index is 1.86. The standard InChI is InChI=1S/C18H27N3O2S/c1-11(2)15(10-22)19-17(23)16-9-14-12(3)20-21(18(14)24-16)13-7-5-4-6-8-13/h9,11,13,15,22H,4-8,10H2,1-3H3,(H,19,23)/t15-/m0/s1. The number of amides is 1. The third-order valence-corrected chi connectivity index (χ3v) is 6.15. The summed E-state index contributed by atoms with van der Waals surface area (Å²) in [6.45, 7) is 5.97. The van der Waals surface area contributed by atoms with Gasteiger partial charge in [-0.15, -0.1) is 11.3 Å². The molecule has 1 atom stereocenters. The van der Waals surface area contributed by atoms with E-state index in [0.717, 1.165) is 15.9 Å². The molecule has 1 fully saturated rings. The number of nitrogens with one attached hydrogen (secondary N) is 1. The molecule has 0 spiro atoms. The first-order valence-electron chi connectivity index (χ1n) is 8.91. The van der Waals surface area contributed by atoms with Gasteiger partial charge in [0.25, 0.3) is 5.91 Å². The van der Waals surface area contributed by atoms with E-state index in [4.69, 9.17) is 5.10 Å². The van der Waals surface area contributed by atoms with Crippen molar-refractivity contribution in [3.05, 3.63) is 16.6 Å². The number of aryl methyl sites for hydroxylation is 1. The van der Waals surface area contributed by atoms with Crippen molar-refractivity contribution in [1.82, 2.24) is 15.1 Å². The third-order valence-electron chi connectivity index (χ3n) is 5.03. The fourth-order valence-electron chi connectivity index (χ4n) is 3.42. The van der Waals surface area contributed by atoms with Gasteiger partial charge in [-0.3, -0.25) is 9.48 Å². The highest BCUT2D eigenvalue weighted by Gasteiger charge is 2.23. The molecular formula is C18H27N3O2S. The van der Waals surface area contributed by atoms with Crippen LogP contribution in [0, 0.1) is 12.8 Å². The van der Waals surface area contributed by atoms with Crippen LogP contribution in [0.2, 0.25) is 0 Å². The Kier molecular flexibility index (Phi) is 5.25. The molecule has 5 nitrogen and oxygen atoms in total. The van der Waals surface area contributed by atoms with Crippen LogP contribution in [0.25, 0.3) is 10.2 Å². The molecule has 2 aromatic rings. The molecule has 1 aliphatic rings. The van der Waals surface area contributed by atoms with Crippen LogP contribution >= 0.6 is 11.3 Å². The van der Waals surface area contributed by atoms with Crippen LogP contribution in [0.15, 0.2) is 6.07 Å². The number of aromatic nitrogens is 2. The fraction of sp³-hybridized carbons (Fsp3) is 0.667. The first kappa shape index (κ1) is 17.4. The Hall–Kier alpha value is -1.40. The second-order valence-electron chi connectivity index (χ2n) is 7.16. The van der Waals surface area contributed by atoms with E-state index in [1.54, 1.807) is 0 Å². The van der Waals surface area contributed by atoms with Crippen molar-refractivity contribution < 1.29 is 9.90 Å². The van der Waals surface area contributed by atoms with Crippen molar-refractivity contribution >= 4 is 27.5 Å². The van der Waals surface area contributed by atoms with Gasteiger partial charge in [0.1, 0.15) is 4.83 Å². The summed E-state index contributed by atoms with van der Waals surface area (Å²) >= 11 is 1.52. The molecule has 0 aromatic carbocycles. The third kappa shape index (κ3) is 3.35. The summed E-state index contributed by atoms with van der Waals surface area (Å²) in [5.41, 5.74) is 0.994. The monoisotopic (exact) mass is 349 g/mol. The summed E-state index contributed by atoms with van der Waals surface area (Å²) in [6.07, 6.45) is 6.19. The summed E-state index contributed by atoms with van der Waals surface area (Å²) in [6, 6.07) is 2.20. The van der Waals surface area contributed by atoms with Crippen LogP contribution in [-0.4, -0.2) is 33.4 Å². The van der Waals surface area contributed by atoms with Crippen LogP contribution < -0.4 is 5.32 Å². The van der Waals surface area contributed by atoms with Gasteiger partial charge in [0, 0.05) is 5.39 Å². The van der Waals surface area contributed by atoms with E-state index < -0.39 is 0 Å². The highest BCUT2D eigenvalue weighted by molar-refractivity contribution is 7.20. The topological polar surface area (TPSA) is 67.2 Å². The van der Waals surface area contributed by atoms with Gasteiger partial charge in [-0.25, -0.2) is 0 Å². The van der Waals surface area contributed by atoms with E-state index in [9.17, 15) is 9.90 Å².